The number of thioether (sulfide) groups is 1. The molecule has 1 aliphatic rings. The van der Waals surface area contributed by atoms with Crippen molar-refractivity contribution in [3.8, 4) is 0 Å². The first kappa shape index (κ1) is 15.8. The Bertz CT molecular complexity index is 435. The molecule has 0 spiro atoms. The van der Waals surface area contributed by atoms with Crippen molar-refractivity contribution < 1.29 is 9.53 Å². The number of hydrogen-bond acceptors (Lipinski definition) is 5. The van der Waals surface area contributed by atoms with Crippen molar-refractivity contribution in [2.45, 2.75) is 50.5 Å². The number of rotatable bonds is 6. The molecular formula is C14H22N2O2S2. The standard InChI is InChI=1S/C14H22N2O2S2/c1-3-19-11-6-4-5-10(7-11)15-14(17)12-9-20-13(16-12)8-18-2/h9-11H,3-8H2,1-2H3,(H,15,17)/t10-,11-/m1/s1. The Balaban J connectivity index is 1.86. The minimum absolute atomic E-state index is 0.0456. The van der Waals surface area contributed by atoms with Gasteiger partial charge in [0.15, 0.2) is 0 Å². The van der Waals surface area contributed by atoms with Gasteiger partial charge in [0.05, 0.1) is 6.61 Å². The van der Waals surface area contributed by atoms with Crippen LogP contribution < -0.4 is 5.32 Å². The fraction of sp³-hybridized carbons (Fsp3) is 0.714. The second kappa shape index (κ2) is 8.00. The molecule has 0 aliphatic heterocycles. The van der Waals surface area contributed by atoms with Gasteiger partial charge >= 0.3 is 0 Å². The summed E-state index contributed by atoms with van der Waals surface area (Å²) in [4.78, 5) is 16.5. The quantitative estimate of drug-likeness (QED) is 0.876. The highest BCUT2D eigenvalue weighted by Crippen LogP contribution is 2.28. The summed E-state index contributed by atoms with van der Waals surface area (Å²) in [7, 11) is 1.63. The molecule has 1 N–H and O–H groups in total. The highest BCUT2D eigenvalue weighted by atomic mass is 32.2. The van der Waals surface area contributed by atoms with E-state index in [1.54, 1.807) is 7.11 Å². The Kier molecular flexibility index (Phi) is 6.32. The van der Waals surface area contributed by atoms with Crippen LogP contribution in [-0.4, -0.2) is 35.0 Å². The number of amides is 1. The Morgan fingerprint density at radius 1 is 1.60 bits per heavy atom. The number of hydrogen-bond donors (Lipinski definition) is 1. The summed E-state index contributed by atoms with van der Waals surface area (Å²) in [6, 6.07) is 0.299. The van der Waals surface area contributed by atoms with Crippen molar-refractivity contribution in [2.24, 2.45) is 0 Å². The number of ether oxygens (including phenoxy) is 1. The molecule has 0 saturated heterocycles. The molecule has 112 valence electrons. The second-order valence-corrected chi connectivity index (χ2v) is 7.49. The van der Waals surface area contributed by atoms with E-state index in [4.69, 9.17) is 4.74 Å². The number of methoxy groups -OCH3 is 1. The lowest BCUT2D eigenvalue weighted by Crippen LogP contribution is -2.39. The van der Waals surface area contributed by atoms with Crippen molar-refractivity contribution >= 4 is 29.0 Å². The van der Waals surface area contributed by atoms with Crippen molar-refractivity contribution in [3.05, 3.63) is 16.1 Å². The molecule has 1 aromatic rings. The zero-order valence-electron chi connectivity index (χ0n) is 12.1. The lowest BCUT2D eigenvalue weighted by atomic mass is 9.95. The molecule has 0 unspecified atom stereocenters. The van der Waals surface area contributed by atoms with Gasteiger partial charge in [0.2, 0.25) is 0 Å². The Labute approximate surface area is 128 Å². The van der Waals surface area contributed by atoms with Crippen LogP contribution in [0, 0.1) is 0 Å². The molecule has 0 bridgehead atoms. The predicted octanol–water partition coefficient (Wildman–Crippen LogP) is 3.08. The number of carbonyl (C=O) groups is 1. The van der Waals surface area contributed by atoms with Crippen molar-refractivity contribution in [1.82, 2.24) is 10.3 Å². The molecular weight excluding hydrogens is 292 g/mol. The summed E-state index contributed by atoms with van der Waals surface area (Å²) in [5, 5.41) is 6.48. The van der Waals surface area contributed by atoms with Crippen LogP contribution in [-0.2, 0) is 11.3 Å². The highest BCUT2D eigenvalue weighted by Gasteiger charge is 2.24. The average Bonchev–Trinajstić information content (AvgIpc) is 2.89. The van der Waals surface area contributed by atoms with Gasteiger partial charge in [0.1, 0.15) is 10.7 Å². The smallest absolute Gasteiger partial charge is 0.270 e. The summed E-state index contributed by atoms with van der Waals surface area (Å²) >= 11 is 3.48. The summed E-state index contributed by atoms with van der Waals surface area (Å²) in [6.45, 7) is 2.66. The third kappa shape index (κ3) is 4.46. The third-order valence-electron chi connectivity index (χ3n) is 3.42. The largest absolute Gasteiger partial charge is 0.378 e. The fourth-order valence-electron chi connectivity index (χ4n) is 2.53. The monoisotopic (exact) mass is 314 g/mol. The first-order valence-electron chi connectivity index (χ1n) is 7.08. The molecule has 0 aromatic carbocycles. The lowest BCUT2D eigenvalue weighted by Gasteiger charge is -2.29. The number of aromatic nitrogens is 1. The molecule has 4 nitrogen and oxygen atoms in total. The van der Waals surface area contributed by atoms with Gasteiger partial charge in [-0.15, -0.1) is 11.3 Å². The normalized spacial score (nSPS) is 22.7. The first-order chi connectivity index (χ1) is 9.72. The molecule has 20 heavy (non-hydrogen) atoms. The van der Waals surface area contributed by atoms with Gasteiger partial charge in [0.25, 0.3) is 5.91 Å². The molecule has 1 saturated carbocycles. The van der Waals surface area contributed by atoms with E-state index >= 15 is 0 Å². The Hall–Kier alpha value is -0.590. The Morgan fingerprint density at radius 3 is 3.20 bits per heavy atom. The van der Waals surface area contributed by atoms with Crippen LogP contribution >= 0.6 is 23.1 Å². The van der Waals surface area contributed by atoms with Crippen LogP contribution in [0.3, 0.4) is 0 Å². The Morgan fingerprint density at radius 2 is 2.45 bits per heavy atom. The fourth-order valence-corrected chi connectivity index (χ4v) is 4.44. The van der Waals surface area contributed by atoms with Gasteiger partial charge in [0, 0.05) is 23.8 Å². The SMILES string of the molecule is CCS[C@@H]1CCC[C@@H](NC(=O)c2csc(COC)n2)C1. The summed E-state index contributed by atoms with van der Waals surface area (Å²) < 4.78 is 5.03. The molecule has 0 radical (unpaired) electrons. The van der Waals surface area contributed by atoms with Gasteiger partial charge in [-0.1, -0.05) is 13.3 Å². The van der Waals surface area contributed by atoms with E-state index in [2.05, 4.69) is 17.2 Å². The molecule has 2 atom stereocenters. The maximum absolute atomic E-state index is 12.2. The topological polar surface area (TPSA) is 51.2 Å². The number of thiazole rings is 1. The molecule has 6 heteroatoms. The molecule has 2 rings (SSSR count). The molecule has 1 aromatic heterocycles. The first-order valence-corrected chi connectivity index (χ1v) is 9.01. The van der Waals surface area contributed by atoms with Crippen LogP contribution in [0.4, 0.5) is 0 Å². The number of carbonyl (C=O) groups excluding carboxylic acids is 1. The van der Waals surface area contributed by atoms with Gasteiger partial charge in [-0.3, -0.25) is 4.79 Å². The molecule has 1 aliphatic carbocycles. The summed E-state index contributed by atoms with van der Waals surface area (Å²) in [5.74, 6) is 1.10. The molecule has 1 heterocycles. The van der Waals surface area contributed by atoms with Crippen molar-refractivity contribution in [2.75, 3.05) is 12.9 Å². The van der Waals surface area contributed by atoms with E-state index in [1.165, 1.54) is 24.2 Å². The van der Waals surface area contributed by atoms with E-state index in [1.807, 2.05) is 17.1 Å². The zero-order chi connectivity index (χ0) is 14.4. The maximum atomic E-state index is 12.2. The van der Waals surface area contributed by atoms with Crippen molar-refractivity contribution in [1.29, 1.82) is 0 Å². The van der Waals surface area contributed by atoms with Crippen LogP contribution in [0.25, 0.3) is 0 Å². The van der Waals surface area contributed by atoms with Crippen LogP contribution in [0.15, 0.2) is 5.38 Å². The zero-order valence-corrected chi connectivity index (χ0v) is 13.7. The number of nitrogens with zero attached hydrogens (tertiary/aromatic N) is 1. The van der Waals surface area contributed by atoms with E-state index in [0.29, 0.717) is 23.6 Å². The second-order valence-electron chi connectivity index (χ2n) is 4.97. The molecule has 1 fully saturated rings. The van der Waals surface area contributed by atoms with Gasteiger partial charge in [-0.2, -0.15) is 11.8 Å². The van der Waals surface area contributed by atoms with Crippen LogP contribution in [0.1, 0.15) is 48.1 Å². The van der Waals surface area contributed by atoms with Crippen LogP contribution in [0.5, 0.6) is 0 Å². The van der Waals surface area contributed by atoms with Gasteiger partial charge in [-0.25, -0.2) is 4.98 Å². The summed E-state index contributed by atoms with van der Waals surface area (Å²) in [6.07, 6.45) is 4.65. The van der Waals surface area contributed by atoms with Gasteiger partial charge in [-0.05, 0) is 25.0 Å². The predicted molar refractivity (Wildman–Crippen MR) is 84.5 cm³/mol. The average molecular weight is 314 g/mol. The molecule has 1 amide bonds. The van der Waals surface area contributed by atoms with Crippen LogP contribution in [0.2, 0.25) is 0 Å². The van der Waals surface area contributed by atoms with Gasteiger partial charge < -0.3 is 10.1 Å². The minimum Gasteiger partial charge on any atom is -0.378 e. The van der Waals surface area contributed by atoms with Crippen molar-refractivity contribution in [3.63, 3.8) is 0 Å². The van der Waals surface area contributed by atoms with E-state index < -0.39 is 0 Å². The maximum Gasteiger partial charge on any atom is 0.270 e. The van der Waals surface area contributed by atoms with E-state index in [9.17, 15) is 4.79 Å². The minimum atomic E-state index is -0.0456. The van der Waals surface area contributed by atoms with E-state index in [0.717, 1.165) is 23.6 Å². The third-order valence-corrected chi connectivity index (χ3v) is 5.47. The number of nitrogens with one attached hydrogen (secondary N) is 1. The lowest BCUT2D eigenvalue weighted by molar-refractivity contribution is 0.0923. The highest BCUT2D eigenvalue weighted by molar-refractivity contribution is 7.99. The summed E-state index contributed by atoms with van der Waals surface area (Å²) in [5.41, 5.74) is 0.521. The van der Waals surface area contributed by atoms with E-state index in [-0.39, 0.29) is 5.91 Å².